The highest BCUT2D eigenvalue weighted by Gasteiger charge is 2.48. The predicted molar refractivity (Wildman–Crippen MR) is 49.9 cm³/mol. The molecule has 2 aliphatic carbocycles. The lowest BCUT2D eigenvalue weighted by atomic mass is 9.59. The number of fused-ring (bicyclic) bond motifs is 1. The largest absolute Gasteiger partial charge is 0.391 e. The van der Waals surface area contributed by atoms with E-state index in [1.165, 1.54) is 6.42 Å². The van der Waals surface area contributed by atoms with E-state index in [9.17, 15) is 10.4 Å². The topological polar surface area (TPSA) is 44.0 Å². The Kier molecular flexibility index (Phi) is 2.29. The Bertz CT molecular complexity index is 231. The maximum absolute atomic E-state index is 9.93. The summed E-state index contributed by atoms with van der Waals surface area (Å²) in [5, 5.41) is 19.2. The molecule has 2 saturated carbocycles. The number of rotatable bonds is 0. The van der Waals surface area contributed by atoms with Gasteiger partial charge in [-0.15, -0.1) is 0 Å². The standard InChI is InChI=1S/C11H17NO/c12-8-11-7-2-1-4-9(11)5-3-6-10(11)13/h9-10,13H,1-7H2/t9-,10+,11-/m1/s1. The maximum Gasteiger partial charge on any atom is 0.0860 e. The molecule has 2 fully saturated rings. The number of nitrogens with zero attached hydrogens (tertiary/aromatic N) is 1. The first-order valence-corrected chi connectivity index (χ1v) is 5.39. The van der Waals surface area contributed by atoms with E-state index in [2.05, 4.69) is 6.07 Å². The summed E-state index contributed by atoms with van der Waals surface area (Å²) >= 11 is 0. The number of aliphatic hydroxyl groups excluding tert-OH is 1. The molecular weight excluding hydrogens is 162 g/mol. The van der Waals surface area contributed by atoms with Crippen LogP contribution in [0.15, 0.2) is 0 Å². The number of hydrogen-bond acceptors (Lipinski definition) is 2. The smallest absolute Gasteiger partial charge is 0.0860 e. The van der Waals surface area contributed by atoms with Crippen molar-refractivity contribution in [3.05, 3.63) is 0 Å². The molecule has 2 heteroatoms. The van der Waals surface area contributed by atoms with Gasteiger partial charge >= 0.3 is 0 Å². The van der Waals surface area contributed by atoms with Gasteiger partial charge in [-0.05, 0) is 31.6 Å². The first-order valence-electron chi connectivity index (χ1n) is 5.39. The highest BCUT2D eigenvalue weighted by molar-refractivity contribution is 5.10. The van der Waals surface area contributed by atoms with Crippen molar-refractivity contribution in [1.29, 1.82) is 5.26 Å². The first kappa shape index (κ1) is 9.02. The van der Waals surface area contributed by atoms with E-state index in [1.54, 1.807) is 0 Å². The third-order valence-electron chi connectivity index (χ3n) is 3.95. The fraction of sp³-hybridized carbons (Fsp3) is 0.909. The van der Waals surface area contributed by atoms with Crippen molar-refractivity contribution in [2.75, 3.05) is 0 Å². The lowest BCUT2D eigenvalue weighted by molar-refractivity contribution is -0.0387. The SMILES string of the molecule is N#C[C@]12CCCC[C@@H]1CCC[C@@H]2O. The molecule has 1 N–H and O–H groups in total. The lowest BCUT2D eigenvalue weighted by Gasteiger charge is -2.45. The van der Waals surface area contributed by atoms with Crippen molar-refractivity contribution < 1.29 is 5.11 Å². The molecule has 72 valence electrons. The second kappa shape index (κ2) is 3.31. The summed E-state index contributed by atoms with van der Waals surface area (Å²) in [4.78, 5) is 0. The second-order valence-electron chi connectivity index (χ2n) is 4.54. The second-order valence-corrected chi connectivity index (χ2v) is 4.54. The minimum absolute atomic E-state index is 0.350. The minimum Gasteiger partial charge on any atom is -0.391 e. The molecule has 0 amide bonds. The Morgan fingerprint density at radius 3 is 2.62 bits per heavy atom. The van der Waals surface area contributed by atoms with Crippen LogP contribution in [0.3, 0.4) is 0 Å². The highest BCUT2D eigenvalue weighted by Crippen LogP contribution is 2.49. The summed E-state index contributed by atoms with van der Waals surface area (Å²) in [6.07, 6.45) is 7.21. The molecule has 13 heavy (non-hydrogen) atoms. The van der Waals surface area contributed by atoms with Gasteiger partial charge in [0.15, 0.2) is 0 Å². The van der Waals surface area contributed by atoms with E-state index in [0.717, 1.165) is 38.5 Å². The van der Waals surface area contributed by atoms with Gasteiger partial charge in [0.05, 0.1) is 17.6 Å². The van der Waals surface area contributed by atoms with Gasteiger partial charge in [-0.1, -0.05) is 19.3 Å². The normalized spacial score (nSPS) is 44.9. The van der Waals surface area contributed by atoms with Crippen LogP contribution >= 0.6 is 0 Å². The molecule has 2 nitrogen and oxygen atoms in total. The lowest BCUT2D eigenvalue weighted by Crippen LogP contribution is -2.45. The zero-order chi connectivity index (χ0) is 9.31. The van der Waals surface area contributed by atoms with E-state index in [1.807, 2.05) is 0 Å². The molecule has 2 aliphatic rings. The van der Waals surface area contributed by atoms with Gasteiger partial charge in [-0.3, -0.25) is 0 Å². The average Bonchev–Trinajstić information content (AvgIpc) is 2.19. The van der Waals surface area contributed by atoms with Crippen LogP contribution in [0.25, 0.3) is 0 Å². The van der Waals surface area contributed by atoms with Crippen molar-refractivity contribution in [1.82, 2.24) is 0 Å². The minimum atomic E-state index is -0.365. The monoisotopic (exact) mass is 179 g/mol. The van der Waals surface area contributed by atoms with Gasteiger partial charge in [-0.2, -0.15) is 5.26 Å². The van der Waals surface area contributed by atoms with Crippen LogP contribution in [0.5, 0.6) is 0 Å². The van der Waals surface area contributed by atoms with Crippen LogP contribution in [0.1, 0.15) is 44.9 Å². The number of aliphatic hydroxyl groups is 1. The fourth-order valence-corrected chi connectivity index (χ4v) is 3.15. The number of hydrogen-bond donors (Lipinski definition) is 1. The van der Waals surface area contributed by atoms with Crippen molar-refractivity contribution >= 4 is 0 Å². The summed E-state index contributed by atoms with van der Waals surface area (Å²) in [6.45, 7) is 0. The molecule has 0 spiro atoms. The zero-order valence-electron chi connectivity index (χ0n) is 8.00. The Morgan fingerprint density at radius 1 is 1.15 bits per heavy atom. The van der Waals surface area contributed by atoms with Crippen molar-refractivity contribution in [3.8, 4) is 6.07 Å². The van der Waals surface area contributed by atoms with E-state index in [0.29, 0.717) is 5.92 Å². The third kappa shape index (κ3) is 1.26. The maximum atomic E-state index is 9.93. The molecular formula is C11H17NO. The molecule has 0 bridgehead atoms. The van der Waals surface area contributed by atoms with E-state index in [-0.39, 0.29) is 11.5 Å². The molecule has 0 aromatic heterocycles. The Morgan fingerprint density at radius 2 is 1.92 bits per heavy atom. The Hall–Kier alpha value is -0.550. The van der Waals surface area contributed by atoms with Crippen LogP contribution in [0.2, 0.25) is 0 Å². The van der Waals surface area contributed by atoms with Crippen LogP contribution in [-0.2, 0) is 0 Å². The molecule has 0 aromatic rings. The summed E-state index contributed by atoms with van der Waals surface area (Å²) in [6, 6.07) is 2.42. The van der Waals surface area contributed by atoms with Crippen molar-refractivity contribution in [3.63, 3.8) is 0 Å². The van der Waals surface area contributed by atoms with Gasteiger partial charge in [0.25, 0.3) is 0 Å². The van der Waals surface area contributed by atoms with Gasteiger partial charge in [-0.25, -0.2) is 0 Å². The highest BCUT2D eigenvalue weighted by atomic mass is 16.3. The van der Waals surface area contributed by atoms with E-state index in [4.69, 9.17) is 0 Å². The Labute approximate surface area is 79.6 Å². The summed E-state index contributed by atoms with van der Waals surface area (Å²) < 4.78 is 0. The molecule has 3 atom stereocenters. The summed E-state index contributed by atoms with van der Waals surface area (Å²) in [5.41, 5.74) is -0.365. The molecule has 0 aliphatic heterocycles. The predicted octanol–water partition coefficient (Wildman–Crippen LogP) is 2.23. The van der Waals surface area contributed by atoms with E-state index < -0.39 is 0 Å². The number of nitriles is 1. The van der Waals surface area contributed by atoms with Crippen LogP contribution in [-0.4, -0.2) is 11.2 Å². The van der Waals surface area contributed by atoms with Gasteiger partial charge in [0.2, 0.25) is 0 Å². The summed E-state index contributed by atoms with van der Waals surface area (Å²) in [5.74, 6) is 0.481. The third-order valence-corrected chi connectivity index (χ3v) is 3.95. The van der Waals surface area contributed by atoms with Gasteiger partial charge in [0.1, 0.15) is 0 Å². The fourth-order valence-electron chi connectivity index (χ4n) is 3.15. The first-order chi connectivity index (χ1) is 6.29. The van der Waals surface area contributed by atoms with Crippen LogP contribution in [0.4, 0.5) is 0 Å². The van der Waals surface area contributed by atoms with Gasteiger partial charge < -0.3 is 5.11 Å². The summed E-state index contributed by atoms with van der Waals surface area (Å²) in [7, 11) is 0. The van der Waals surface area contributed by atoms with Crippen molar-refractivity contribution in [2.24, 2.45) is 11.3 Å². The quantitative estimate of drug-likeness (QED) is 0.619. The zero-order valence-corrected chi connectivity index (χ0v) is 8.00. The Balaban J connectivity index is 2.25. The average molecular weight is 179 g/mol. The molecule has 0 heterocycles. The molecule has 0 saturated heterocycles. The van der Waals surface area contributed by atoms with Crippen LogP contribution in [0, 0.1) is 22.7 Å². The van der Waals surface area contributed by atoms with Crippen molar-refractivity contribution in [2.45, 2.75) is 51.0 Å². The molecule has 0 radical (unpaired) electrons. The molecule has 0 unspecified atom stereocenters. The van der Waals surface area contributed by atoms with E-state index >= 15 is 0 Å². The van der Waals surface area contributed by atoms with Crippen LogP contribution < -0.4 is 0 Å². The molecule has 2 rings (SSSR count). The molecule has 0 aromatic carbocycles. The van der Waals surface area contributed by atoms with Gasteiger partial charge in [0, 0.05) is 0 Å².